The maximum Gasteiger partial charge on any atom is 0.127 e. The molecule has 1 atom stereocenters. The second-order valence-corrected chi connectivity index (χ2v) is 6.25. The van der Waals surface area contributed by atoms with Crippen LogP contribution in [0.3, 0.4) is 0 Å². The minimum Gasteiger partial charge on any atom is -0.207 e. The van der Waals surface area contributed by atoms with E-state index in [-0.39, 0.29) is 11.2 Å². The average molecular weight is 380 g/mol. The van der Waals surface area contributed by atoms with Gasteiger partial charge in [-0.2, -0.15) is 0 Å². The summed E-state index contributed by atoms with van der Waals surface area (Å²) in [7, 11) is 0. The zero-order chi connectivity index (χ0) is 13.6. The third-order valence-electron chi connectivity index (χ3n) is 3.48. The number of halogens is 3. The molecule has 0 saturated carbocycles. The topological polar surface area (TPSA) is 0 Å². The molecule has 1 aromatic carbocycles. The Morgan fingerprint density at radius 1 is 1.22 bits per heavy atom. The van der Waals surface area contributed by atoms with Gasteiger partial charge in [-0.15, -0.1) is 0 Å². The summed E-state index contributed by atoms with van der Waals surface area (Å²) in [5.74, 6) is 0.504. The monoisotopic (exact) mass is 378 g/mol. The standard InChI is InChI=1S/C15H21Br2F/c1-3-6-12(2)9-15(10-16,11-17)13-7-4-5-8-14(13)18/h4-5,7-8,12H,3,6,9-11H2,1-2H3. The molecule has 0 aliphatic heterocycles. The minimum atomic E-state index is -0.153. The Hall–Kier alpha value is 0.110. The van der Waals surface area contributed by atoms with Crippen LogP contribution in [0.2, 0.25) is 0 Å². The largest absolute Gasteiger partial charge is 0.207 e. The molecule has 1 rings (SSSR count). The van der Waals surface area contributed by atoms with E-state index >= 15 is 0 Å². The third kappa shape index (κ3) is 3.80. The fourth-order valence-corrected chi connectivity index (χ4v) is 4.54. The summed E-state index contributed by atoms with van der Waals surface area (Å²) in [5.41, 5.74) is 0.668. The lowest BCUT2D eigenvalue weighted by molar-refractivity contribution is 0.364. The van der Waals surface area contributed by atoms with Crippen molar-refractivity contribution in [2.45, 2.75) is 38.5 Å². The van der Waals surface area contributed by atoms with E-state index in [9.17, 15) is 4.39 Å². The highest BCUT2D eigenvalue weighted by Crippen LogP contribution is 2.37. The van der Waals surface area contributed by atoms with Gasteiger partial charge in [-0.1, -0.05) is 76.7 Å². The van der Waals surface area contributed by atoms with Gasteiger partial charge in [0.15, 0.2) is 0 Å². The van der Waals surface area contributed by atoms with Gasteiger partial charge in [-0.3, -0.25) is 0 Å². The Bertz CT molecular complexity index is 361. The fraction of sp³-hybridized carbons (Fsp3) is 0.600. The molecule has 0 radical (unpaired) electrons. The molecular weight excluding hydrogens is 359 g/mol. The van der Waals surface area contributed by atoms with E-state index in [1.807, 2.05) is 12.1 Å². The lowest BCUT2D eigenvalue weighted by Crippen LogP contribution is -2.33. The summed E-state index contributed by atoms with van der Waals surface area (Å²) >= 11 is 7.17. The molecule has 0 nitrogen and oxygen atoms in total. The second-order valence-electron chi connectivity index (χ2n) is 5.13. The number of rotatable bonds is 7. The van der Waals surface area contributed by atoms with E-state index in [4.69, 9.17) is 0 Å². The van der Waals surface area contributed by atoms with E-state index in [1.165, 1.54) is 12.8 Å². The van der Waals surface area contributed by atoms with E-state index in [1.54, 1.807) is 12.1 Å². The highest BCUT2D eigenvalue weighted by molar-refractivity contribution is 9.09. The molecule has 0 spiro atoms. The van der Waals surface area contributed by atoms with Gasteiger partial charge in [0.25, 0.3) is 0 Å². The molecule has 0 heterocycles. The first-order valence-corrected chi connectivity index (χ1v) is 8.71. The molecule has 18 heavy (non-hydrogen) atoms. The van der Waals surface area contributed by atoms with Gasteiger partial charge in [-0.25, -0.2) is 4.39 Å². The van der Waals surface area contributed by atoms with Crippen LogP contribution in [0.15, 0.2) is 24.3 Å². The highest BCUT2D eigenvalue weighted by atomic mass is 79.9. The van der Waals surface area contributed by atoms with Crippen LogP contribution in [-0.2, 0) is 5.41 Å². The molecule has 0 aliphatic carbocycles. The lowest BCUT2D eigenvalue weighted by atomic mass is 9.76. The first-order valence-electron chi connectivity index (χ1n) is 6.46. The Morgan fingerprint density at radius 3 is 2.33 bits per heavy atom. The Kier molecular flexibility index (Phi) is 6.86. The molecule has 0 N–H and O–H groups in total. The molecule has 1 unspecified atom stereocenters. The maximum atomic E-state index is 14.1. The minimum absolute atomic E-state index is 0.0971. The van der Waals surface area contributed by atoms with Crippen LogP contribution in [0.4, 0.5) is 4.39 Å². The lowest BCUT2D eigenvalue weighted by Gasteiger charge is -2.33. The van der Waals surface area contributed by atoms with Crippen molar-refractivity contribution in [3.63, 3.8) is 0 Å². The van der Waals surface area contributed by atoms with Gasteiger partial charge in [-0.05, 0) is 24.0 Å². The zero-order valence-electron chi connectivity index (χ0n) is 11.1. The first-order chi connectivity index (χ1) is 8.59. The van der Waals surface area contributed by atoms with E-state index in [2.05, 4.69) is 45.7 Å². The molecule has 3 heteroatoms. The predicted molar refractivity (Wildman–Crippen MR) is 84.4 cm³/mol. The summed E-state index contributed by atoms with van der Waals surface area (Å²) in [6, 6.07) is 7.14. The molecule has 0 aliphatic rings. The summed E-state index contributed by atoms with van der Waals surface area (Å²) in [4.78, 5) is 0. The van der Waals surface area contributed by atoms with Crippen LogP contribution in [0, 0.1) is 11.7 Å². The van der Waals surface area contributed by atoms with Crippen LogP contribution >= 0.6 is 31.9 Å². The summed E-state index contributed by atoms with van der Waals surface area (Å²) in [5, 5.41) is 1.56. The number of benzene rings is 1. The number of hydrogen-bond acceptors (Lipinski definition) is 0. The Labute approximate surface area is 127 Å². The van der Waals surface area contributed by atoms with Gasteiger partial charge in [0.2, 0.25) is 0 Å². The van der Waals surface area contributed by atoms with E-state index in [0.29, 0.717) is 5.92 Å². The van der Waals surface area contributed by atoms with Gasteiger partial charge < -0.3 is 0 Å². The smallest absolute Gasteiger partial charge is 0.127 e. The third-order valence-corrected chi connectivity index (χ3v) is 5.62. The van der Waals surface area contributed by atoms with Crippen molar-refractivity contribution in [3.05, 3.63) is 35.6 Å². The van der Waals surface area contributed by atoms with Crippen molar-refractivity contribution in [2.24, 2.45) is 5.92 Å². The molecule has 1 aromatic rings. The second kappa shape index (κ2) is 7.64. The summed E-state index contributed by atoms with van der Waals surface area (Å²) in [6.07, 6.45) is 3.37. The van der Waals surface area contributed by atoms with Crippen molar-refractivity contribution in [3.8, 4) is 0 Å². The average Bonchev–Trinajstić information content (AvgIpc) is 2.37. The number of hydrogen-bond donors (Lipinski definition) is 0. The van der Waals surface area contributed by atoms with Crippen molar-refractivity contribution in [2.75, 3.05) is 10.7 Å². The molecule has 0 aromatic heterocycles. The maximum absolute atomic E-state index is 14.1. The van der Waals surface area contributed by atoms with Crippen molar-refractivity contribution in [1.82, 2.24) is 0 Å². The molecule has 0 bridgehead atoms. The number of alkyl halides is 2. The quantitative estimate of drug-likeness (QED) is 0.534. The zero-order valence-corrected chi connectivity index (χ0v) is 14.2. The van der Waals surface area contributed by atoms with Crippen LogP contribution in [0.25, 0.3) is 0 Å². The van der Waals surface area contributed by atoms with Gasteiger partial charge in [0, 0.05) is 16.1 Å². The fourth-order valence-electron chi connectivity index (χ4n) is 2.55. The van der Waals surface area contributed by atoms with Crippen molar-refractivity contribution in [1.29, 1.82) is 0 Å². The van der Waals surface area contributed by atoms with Gasteiger partial charge in [0.05, 0.1) is 0 Å². The van der Waals surface area contributed by atoms with Gasteiger partial charge >= 0.3 is 0 Å². The predicted octanol–water partition coefficient (Wildman–Crippen LogP) is 5.68. The normalized spacial score (nSPS) is 13.6. The summed E-state index contributed by atoms with van der Waals surface area (Å²) in [6.45, 7) is 4.45. The van der Waals surface area contributed by atoms with Gasteiger partial charge in [0.1, 0.15) is 5.82 Å². The highest BCUT2D eigenvalue weighted by Gasteiger charge is 2.33. The molecular formula is C15H21Br2F. The van der Waals surface area contributed by atoms with Crippen LogP contribution < -0.4 is 0 Å². The van der Waals surface area contributed by atoms with Crippen molar-refractivity contribution < 1.29 is 4.39 Å². The Morgan fingerprint density at radius 2 is 1.83 bits per heavy atom. The molecule has 0 amide bonds. The molecule has 0 fully saturated rings. The van der Waals surface area contributed by atoms with Crippen molar-refractivity contribution >= 4 is 31.9 Å². The van der Waals surface area contributed by atoms with Crippen LogP contribution in [0.1, 0.15) is 38.7 Å². The van der Waals surface area contributed by atoms with Crippen LogP contribution in [-0.4, -0.2) is 10.7 Å². The van der Waals surface area contributed by atoms with E-state index in [0.717, 1.165) is 22.6 Å². The molecule has 0 saturated heterocycles. The SMILES string of the molecule is CCCC(C)CC(CBr)(CBr)c1ccccc1F. The van der Waals surface area contributed by atoms with E-state index < -0.39 is 0 Å². The van der Waals surface area contributed by atoms with Crippen LogP contribution in [0.5, 0.6) is 0 Å². The molecule has 102 valence electrons. The first kappa shape index (κ1) is 16.2. The summed E-state index contributed by atoms with van der Waals surface area (Å²) < 4.78 is 14.1. The Balaban J connectivity index is 3.03.